The van der Waals surface area contributed by atoms with E-state index in [4.69, 9.17) is 4.74 Å². The largest absolute Gasteiger partial charge is 0.468 e. The maximum Gasteiger partial charge on any atom is 0.326 e. The molecule has 0 amide bonds. The van der Waals surface area contributed by atoms with Crippen LogP contribution in [0.5, 0.6) is 0 Å². The smallest absolute Gasteiger partial charge is 0.326 e. The zero-order valence-electron chi connectivity index (χ0n) is 12.4. The van der Waals surface area contributed by atoms with Crippen molar-refractivity contribution in [2.45, 2.75) is 43.4 Å². The van der Waals surface area contributed by atoms with Crippen LogP contribution in [0.25, 0.3) is 0 Å². The topological polar surface area (TPSA) is 49.8 Å². The normalized spacial score (nSPS) is 31.3. The number of ether oxygens (including phenoxy) is 1. The fourth-order valence-corrected chi connectivity index (χ4v) is 4.37. The van der Waals surface area contributed by atoms with Crippen molar-refractivity contribution in [1.82, 2.24) is 4.90 Å². The van der Waals surface area contributed by atoms with Crippen molar-refractivity contribution in [3.8, 4) is 0 Å². The summed E-state index contributed by atoms with van der Waals surface area (Å²) >= 11 is 3.18. The van der Waals surface area contributed by atoms with E-state index in [1.807, 2.05) is 0 Å². The van der Waals surface area contributed by atoms with E-state index >= 15 is 0 Å². The molecule has 0 saturated carbocycles. The predicted molar refractivity (Wildman–Crippen MR) is 82.9 cm³/mol. The molecule has 0 aromatic heterocycles. The number of aliphatic hydroxyl groups excluding tert-OH is 1. The van der Waals surface area contributed by atoms with Gasteiger partial charge in [-0.2, -0.15) is 0 Å². The number of methoxy groups -OCH3 is 1. The van der Waals surface area contributed by atoms with Crippen LogP contribution >= 0.6 is 15.9 Å². The van der Waals surface area contributed by atoms with Crippen molar-refractivity contribution >= 4 is 21.9 Å². The summed E-state index contributed by atoms with van der Waals surface area (Å²) < 4.78 is 18.8. The minimum absolute atomic E-state index is 0.0167. The van der Waals surface area contributed by atoms with Crippen molar-refractivity contribution in [2.24, 2.45) is 0 Å². The molecule has 3 rings (SSSR count). The van der Waals surface area contributed by atoms with E-state index in [0.29, 0.717) is 17.3 Å². The Labute approximate surface area is 137 Å². The fourth-order valence-electron chi connectivity index (χ4n) is 3.95. The van der Waals surface area contributed by atoms with E-state index in [9.17, 15) is 14.3 Å². The first kappa shape index (κ1) is 15.9. The van der Waals surface area contributed by atoms with Gasteiger partial charge in [-0.05, 0) is 53.0 Å². The molecule has 4 nitrogen and oxygen atoms in total. The van der Waals surface area contributed by atoms with Crippen LogP contribution < -0.4 is 0 Å². The molecule has 0 bridgehead atoms. The number of benzene rings is 1. The molecule has 1 aromatic carbocycles. The highest BCUT2D eigenvalue weighted by Gasteiger charge is 2.57. The predicted octanol–water partition coefficient (Wildman–Crippen LogP) is 2.27. The van der Waals surface area contributed by atoms with Crippen molar-refractivity contribution < 1.29 is 19.0 Å². The van der Waals surface area contributed by atoms with E-state index in [1.165, 1.54) is 13.2 Å². The molecule has 0 radical (unpaired) electrons. The number of fused-ring (bicyclic) bond motifs is 1. The number of hydrogen-bond acceptors (Lipinski definition) is 4. The molecule has 2 aliphatic heterocycles. The molecule has 2 fully saturated rings. The van der Waals surface area contributed by atoms with Gasteiger partial charge in [-0.25, -0.2) is 4.39 Å². The molecule has 3 atom stereocenters. The lowest BCUT2D eigenvalue weighted by molar-refractivity contribution is -0.153. The molecule has 0 aliphatic carbocycles. The number of hydrogen-bond donors (Lipinski definition) is 1. The van der Waals surface area contributed by atoms with E-state index in [2.05, 4.69) is 20.8 Å². The van der Waals surface area contributed by atoms with Crippen LogP contribution in [0.1, 0.15) is 24.8 Å². The number of esters is 1. The third-order valence-corrected chi connectivity index (χ3v) is 5.49. The van der Waals surface area contributed by atoms with Crippen molar-refractivity contribution in [1.29, 1.82) is 0 Å². The van der Waals surface area contributed by atoms with Crippen molar-refractivity contribution in [3.63, 3.8) is 0 Å². The Morgan fingerprint density at radius 3 is 3.05 bits per heavy atom. The van der Waals surface area contributed by atoms with Gasteiger partial charge in [0.15, 0.2) is 0 Å². The number of nitrogens with zero attached hydrogens (tertiary/aromatic N) is 1. The van der Waals surface area contributed by atoms with Gasteiger partial charge in [0.25, 0.3) is 0 Å². The fraction of sp³-hybridized carbons (Fsp3) is 0.562. The lowest BCUT2D eigenvalue weighted by Gasteiger charge is -2.35. The first-order valence-corrected chi connectivity index (χ1v) is 8.24. The van der Waals surface area contributed by atoms with E-state index in [1.54, 1.807) is 12.1 Å². The third-order valence-electron chi connectivity index (χ3n) is 4.89. The molecule has 0 spiro atoms. The third kappa shape index (κ3) is 2.47. The van der Waals surface area contributed by atoms with Crippen LogP contribution in [0.3, 0.4) is 0 Å². The van der Waals surface area contributed by atoms with Gasteiger partial charge < -0.3 is 9.84 Å². The van der Waals surface area contributed by atoms with Gasteiger partial charge in [0.2, 0.25) is 0 Å². The Morgan fingerprint density at radius 1 is 1.59 bits per heavy atom. The maximum absolute atomic E-state index is 13.4. The van der Waals surface area contributed by atoms with E-state index in [0.717, 1.165) is 24.9 Å². The standard InChI is InChI=1S/C16H19BrFNO3/c1-22-15(21)16(8-10-4-5-12(18)11(17)7-10)9-14(20)13-3-2-6-19(13)16/h4-5,7,13-14,20H,2-3,6,8-9H2,1H3/t13-,14-,16-/m0/s1. The van der Waals surface area contributed by atoms with Gasteiger partial charge in [0, 0.05) is 18.9 Å². The quantitative estimate of drug-likeness (QED) is 0.828. The molecule has 2 heterocycles. The summed E-state index contributed by atoms with van der Waals surface area (Å²) in [6.07, 6.45) is 2.11. The van der Waals surface area contributed by atoms with Gasteiger partial charge in [-0.3, -0.25) is 9.69 Å². The summed E-state index contributed by atoms with van der Waals surface area (Å²) in [7, 11) is 1.38. The number of carbonyl (C=O) groups excluding carboxylic acids is 1. The Bertz CT molecular complexity index is 597. The highest BCUT2D eigenvalue weighted by molar-refractivity contribution is 9.10. The molecule has 2 saturated heterocycles. The van der Waals surface area contributed by atoms with E-state index in [-0.39, 0.29) is 17.8 Å². The Kier molecular flexibility index (Phi) is 4.27. The number of carbonyl (C=O) groups is 1. The molecular weight excluding hydrogens is 353 g/mol. The summed E-state index contributed by atoms with van der Waals surface area (Å²) in [4.78, 5) is 14.6. The molecule has 0 unspecified atom stereocenters. The zero-order valence-corrected chi connectivity index (χ0v) is 14.0. The first-order chi connectivity index (χ1) is 10.5. The minimum Gasteiger partial charge on any atom is -0.468 e. The molecular formula is C16H19BrFNO3. The summed E-state index contributed by atoms with van der Waals surface area (Å²) in [6.45, 7) is 0.777. The van der Waals surface area contributed by atoms with Crippen LogP contribution in [0, 0.1) is 5.82 Å². The SMILES string of the molecule is COC(=O)[C@]1(Cc2ccc(F)c(Br)c2)C[C@H](O)[C@@H]2CCCN21. The molecule has 2 aliphatic rings. The van der Waals surface area contributed by atoms with Crippen molar-refractivity contribution in [2.75, 3.05) is 13.7 Å². The first-order valence-electron chi connectivity index (χ1n) is 7.45. The highest BCUT2D eigenvalue weighted by Crippen LogP contribution is 2.43. The van der Waals surface area contributed by atoms with Gasteiger partial charge >= 0.3 is 5.97 Å². The molecule has 6 heteroatoms. The van der Waals surface area contributed by atoms with Gasteiger partial charge in [0.1, 0.15) is 11.4 Å². The van der Waals surface area contributed by atoms with Crippen LogP contribution in [-0.4, -0.2) is 47.3 Å². The summed E-state index contributed by atoms with van der Waals surface area (Å²) in [5.74, 6) is -0.655. The molecule has 22 heavy (non-hydrogen) atoms. The van der Waals surface area contributed by atoms with Crippen LogP contribution in [-0.2, 0) is 16.0 Å². The summed E-state index contributed by atoms with van der Waals surface area (Å²) in [6, 6.07) is 4.77. The number of aliphatic hydroxyl groups is 1. The maximum atomic E-state index is 13.4. The monoisotopic (exact) mass is 371 g/mol. The summed E-state index contributed by atoms with van der Waals surface area (Å²) in [5, 5.41) is 10.3. The number of rotatable bonds is 3. The van der Waals surface area contributed by atoms with Gasteiger partial charge in [0.05, 0.1) is 17.7 Å². The Hall–Kier alpha value is -0.980. The second-order valence-corrected chi connectivity index (χ2v) is 6.98. The second-order valence-electron chi connectivity index (χ2n) is 6.12. The van der Waals surface area contributed by atoms with Crippen molar-refractivity contribution in [3.05, 3.63) is 34.1 Å². The van der Waals surface area contributed by atoms with E-state index < -0.39 is 11.6 Å². The van der Waals surface area contributed by atoms with Crippen LogP contribution in [0.4, 0.5) is 4.39 Å². The Morgan fingerprint density at radius 2 is 2.36 bits per heavy atom. The van der Waals surface area contributed by atoms with Crippen LogP contribution in [0.15, 0.2) is 22.7 Å². The van der Waals surface area contributed by atoms with Crippen LogP contribution in [0.2, 0.25) is 0 Å². The molecule has 120 valence electrons. The summed E-state index contributed by atoms with van der Waals surface area (Å²) in [5.41, 5.74) is -0.00880. The second kappa shape index (κ2) is 5.91. The highest BCUT2D eigenvalue weighted by atomic mass is 79.9. The number of halogens is 2. The van der Waals surface area contributed by atoms with Gasteiger partial charge in [-0.15, -0.1) is 0 Å². The average Bonchev–Trinajstić information content (AvgIpc) is 3.07. The lowest BCUT2D eigenvalue weighted by Crippen LogP contribution is -2.53. The Balaban J connectivity index is 1.96. The molecule has 1 N–H and O–H groups in total. The zero-order chi connectivity index (χ0) is 15.9. The minimum atomic E-state index is -0.855. The molecule has 1 aromatic rings. The lowest BCUT2D eigenvalue weighted by atomic mass is 9.87. The van der Waals surface area contributed by atoms with Gasteiger partial charge in [-0.1, -0.05) is 6.07 Å². The average molecular weight is 372 g/mol.